The summed E-state index contributed by atoms with van der Waals surface area (Å²) in [7, 11) is 1.70. The van der Waals surface area contributed by atoms with Gasteiger partial charge in [0.25, 0.3) is 0 Å². The number of aliphatic imine (C=N–C) groups is 2. The third kappa shape index (κ3) is 2.52. The number of dihydropyridines is 1. The Hall–Kier alpha value is -0.850. The van der Waals surface area contributed by atoms with Crippen LogP contribution >= 0.6 is 11.8 Å². The molecule has 0 radical (unpaired) electrons. The van der Waals surface area contributed by atoms with Crippen LogP contribution in [0.15, 0.2) is 22.1 Å². The molecule has 3 aliphatic rings. The van der Waals surface area contributed by atoms with E-state index in [1.165, 1.54) is 5.17 Å². The van der Waals surface area contributed by atoms with Gasteiger partial charge in [-0.05, 0) is 19.9 Å². The van der Waals surface area contributed by atoms with Crippen LogP contribution in [-0.4, -0.2) is 66.1 Å². The molecule has 0 amide bonds. The average Bonchev–Trinajstić information content (AvgIpc) is 2.96. The summed E-state index contributed by atoms with van der Waals surface area (Å²) < 4.78 is 5.40. The molecule has 3 heterocycles. The third-order valence-corrected chi connectivity index (χ3v) is 5.35. The van der Waals surface area contributed by atoms with Gasteiger partial charge in [0.1, 0.15) is 0 Å². The van der Waals surface area contributed by atoms with Crippen molar-refractivity contribution < 1.29 is 4.74 Å². The molecule has 110 valence electrons. The van der Waals surface area contributed by atoms with Crippen LogP contribution in [0.4, 0.5) is 0 Å². The molecule has 0 spiro atoms. The number of fused-ring (bicyclic) bond motifs is 1. The Morgan fingerprint density at radius 3 is 3.15 bits per heavy atom. The average molecular weight is 294 g/mol. The number of nitrogens with zero attached hydrogens (tertiary/aromatic N) is 3. The van der Waals surface area contributed by atoms with Crippen LogP contribution in [0.1, 0.15) is 13.8 Å². The number of hydrogen-bond donors (Lipinski definition) is 1. The van der Waals surface area contributed by atoms with Crippen LogP contribution < -0.4 is 5.32 Å². The molecule has 3 rings (SSSR count). The second-order valence-corrected chi connectivity index (χ2v) is 6.52. The van der Waals surface area contributed by atoms with E-state index in [9.17, 15) is 0 Å². The molecule has 6 heteroatoms. The molecule has 0 bridgehead atoms. The van der Waals surface area contributed by atoms with Crippen LogP contribution in [0, 0.1) is 0 Å². The first-order chi connectivity index (χ1) is 9.70. The van der Waals surface area contributed by atoms with Gasteiger partial charge in [0.05, 0.1) is 18.1 Å². The smallest absolute Gasteiger partial charge is 0.166 e. The van der Waals surface area contributed by atoms with Crippen molar-refractivity contribution >= 4 is 23.1 Å². The summed E-state index contributed by atoms with van der Waals surface area (Å²) in [4.78, 5) is 11.6. The maximum atomic E-state index is 5.40. The zero-order valence-electron chi connectivity index (χ0n) is 12.2. The number of methoxy groups -OCH3 is 1. The minimum absolute atomic E-state index is 0.123. The molecule has 1 N–H and O–H groups in total. The van der Waals surface area contributed by atoms with Crippen molar-refractivity contribution in [3.8, 4) is 0 Å². The first-order valence-corrected chi connectivity index (χ1v) is 8.14. The van der Waals surface area contributed by atoms with Gasteiger partial charge in [0.15, 0.2) is 11.4 Å². The van der Waals surface area contributed by atoms with Crippen molar-refractivity contribution in [2.24, 2.45) is 9.98 Å². The highest BCUT2D eigenvalue weighted by atomic mass is 32.2. The summed E-state index contributed by atoms with van der Waals surface area (Å²) in [6.07, 6.45) is 5.76. The Balaban J connectivity index is 1.61. The van der Waals surface area contributed by atoms with E-state index in [1.54, 1.807) is 13.3 Å². The molecule has 5 atom stereocenters. The first kappa shape index (κ1) is 14.1. The van der Waals surface area contributed by atoms with Gasteiger partial charge >= 0.3 is 0 Å². The summed E-state index contributed by atoms with van der Waals surface area (Å²) in [5.41, 5.74) is 0. The monoisotopic (exact) mass is 294 g/mol. The van der Waals surface area contributed by atoms with Crippen molar-refractivity contribution in [3.05, 3.63) is 12.2 Å². The number of amidine groups is 1. The summed E-state index contributed by atoms with van der Waals surface area (Å²) in [6, 6.07) is 1.51. The second-order valence-electron chi connectivity index (χ2n) is 5.53. The lowest BCUT2D eigenvalue weighted by molar-refractivity contribution is 0.0862. The summed E-state index contributed by atoms with van der Waals surface area (Å²) >= 11 is 1.88. The fraction of sp³-hybridized carbons (Fsp3) is 0.714. The minimum atomic E-state index is -0.123. The van der Waals surface area contributed by atoms with Crippen LogP contribution in [-0.2, 0) is 4.74 Å². The van der Waals surface area contributed by atoms with Gasteiger partial charge < -0.3 is 15.0 Å². The van der Waals surface area contributed by atoms with Gasteiger partial charge in [-0.25, -0.2) is 0 Å². The van der Waals surface area contributed by atoms with Gasteiger partial charge in [0, 0.05) is 31.7 Å². The van der Waals surface area contributed by atoms with Gasteiger partial charge in [-0.3, -0.25) is 9.98 Å². The molecule has 1 saturated heterocycles. The van der Waals surface area contributed by atoms with Gasteiger partial charge in [0.2, 0.25) is 0 Å². The lowest BCUT2D eigenvalue weighted by Crippen LogP contribution is -2.51. The molecule has 0 aromatic rings. The molecule has 0 aromatic heterocycles. The lowest BCUT2D eigenvalue weighted by Gasteiger charge is -2.32. The Morgan fingerprint density at radius 1 is 1.50 bits per heavy atom. The van der Waals surface area contributed by atoms with E-state index in [2.05, 4.69) is 35.1 Å². The number of nitrogens with one attached hydrogen (secondary N) is 1. The maximum absolute atomic E-state index is 5.40. The molecule has 20 heavy (non-hydrogen) atoms. The zero-order chi connectivity index (χ0) is 14.1. The normalized spacial score (nSPS) is 39.2. The van der Waals surface area contributed by atoms with E-state index in [0.717, 1.165) is 12.3 Å². The summed E-state index contributed by atoms with van der Waals surface area (Å²) in [5, 5.41) is 4.80. The van der Waals surface area contributed by atoms with Crippen LogP contribution in [0.5, 0.6) is 0 Å². The van der Waals surface area contributed by atoms with Crippen molar-refractivity contribution in [3.63, 3.8) is 0 Å². The lowest BCUT2D eigenvalue weighted by atomic mass is 10.1. The number of allylic oxidation sites excluding steroid dienone is 1. The van der Waals surface area contributed by atoms with Crippen molar-refractivity contribution in [2.45, 2.75) is 44.2 Å². The number of ether oxygens (including phenoxy) is 1. The SMILES string of the molecule is COC1N=CC=CC1NCC1C(C)N=C2SCC(C)N21. The largest absolute Gasteiger partial charge is 0.358 e. The number of thioether (sulfide) groups is 1. The van der Waals surface area contributed by atoms with Gasteiger partial charge in [-0.1, -0.05) is 17.8 Å². The third-order valence-electron chi connectivity index (χ3n) is 4.13. The van der Waals surface area contributed by atoms with E-state index in [-0.39, 0.29) is 12.3 Å². The minimum Gasteiger partial charge on any atom is -0.358 e. The molecule has 0 aromatic carbocycles. The van der Waals surface area contributed by atoms with E-state index >= 15 is 0 Å². The highest BCUT2D eigenvalue weighted by molar-refractivity contribution is 8.14. The molecule has 0 saturated carbocycles. The zero-order valence-corrected chi connectivity index (χ0v) is 13.0. The van der Waals surface area contributed by atoms with E-state index in [1.807, 2.05) is 17.8 Å². The molecule has 5 nitrogen and oxygen atoms in total. The van der Waals surface area contributed by atoms with Gasteiger partial charge in [-0.2, -0.15) is 0 Å². The van der Waals surface area contributed by atoms with Crippen molar-refractivity contribution in [1.82, 2.24) is 10.2 Å². The predicted molar refractivity (Wildman–Crippen MR) is 84.7 cm³/mol. The van der Waals surface area contributed by atoms with E-state index in [4.69, 9.17) is 9.73 Å². The van der Waals surface area contributed by atoms with E-state index < -0.39 is 0 Å². The molecule has 0 aliphatic carbocycles. The van der Waals surface area contributed by atoms with Crippen molar-refractivity contribution in [2.75, 3.05) is 19.4 Å². The summed E-state index contributed by atoms with van der Waals surface area (Å²) in [5.74, 6) is 1.15. The fourth-order valence-corrected chi connectivity index (χ4v) is 4.25. The molecule has 5 unspecified atom stereocenters. The summed E-state index contributed by atoms with van der Waals surface area (Å²) in [6.45, 7) is 5.39. The standard InChI is InChI=1S/C14H22N4OS/c1-9-8-20-14-17-10(2)12(18(9)14)7-16-11-5-4-6-15-13(11)19-3/h4-6,9-13,16H,7-8H2,1-3H3. The Morgan fingerprint density at radius 2 is 2.35 bits per heavy atom. The number of hydrogen-bond acceptors (Lipinski definition) is 6. The van der Waals surface area contributed by atoms with Crippen LogP contribution in [0.3, 0.4) is 0 Å². The molecule has 1 fully saturated rings. The highest BCUT2D eigenvalue weighted by Gasteiger charge is 2.40. The Kier molecular flexibility index (Phi) is 4.14. The molecular formula is C14H22N4OS. The molecule has 3 aliphatic heterocycles. The Labute approximate surface area is 124 Å². The Bertz CT molecular complexity index is 450. The quantitative estimate of drug-likeness (QED) is 0.844. The first-order valence-electron chi connectivity index (χ1n) is 7.16. The molecular weight excluding hydrogens is 272 g/mol. The topological polar surface area (TPSA) is 49.2 Å². The van der Waals surface area contributed by atoms with E-state index in [0.29, 0.717) is 18.1 Å². The highest BCUT2D eigenvalue weighted by Crippen LogP contribution is 2.33. The number of rotatable bonds is 4. The second kappa shape index (κ2) is 5.87. The van der Waals surface area contributed by atoms with Crippen molar-refractivity contribution in [1.29, 1.82) is 0 Å². The predicted octanol–water partition coefficient (Wildman–Crippen LogP) is 1.12. The fourth-order valence-electron chi connectivity index (χ4n) is 3.00. The van der Waals surface area contributed by atoms with Gasteiger partial charge in [-0.15, -0.1) is 0 Å². The van der Waals surface area contributed by atoms with Crippen LogP contribution in [0.25, 0.3) is 0 Å². The maximum Gasteiger partial charge on any atom is 0.166 e. The van der Waals surface area contributed by atoms with Crippen LogP contribution in [0.2, 0.25) is 0 Å².